The van der Waals surface area contributed by atoms with Crippen molar-refractivity contribution in [1.82, 2.24) is 0 Å². The van der Waals surface area contributed by atoms with Crippen molar-refractivity contribution in [1.29, 1.82) is 0 Å². The van der Waals surface area contributed by atoms with E-state index in [1.807, 2.05) is 0 Å². The zero-order valence-electron chi connectivity index (χ0n) is 2.37. The van der Waals surface area contributed by atoms with Crippen molar-refractivity contribution in [3.05, 3.63) is 12.7 Å². The molecule has 0 fully saturated rings. The van der Waals surface area contributed by atoms with Gasteiger partial charge in [0.15, 0.2) is 0 Å². The van der Waals surface area contributed by atoms with Crippen LogP contribution < -0.4 is 0 Å². The third kappa shape index (κ3) is 11.9. The molecule has 0 saturated heterocycles. The Morgan fingerprint density at radius 3 is 2.00 bits per heavy atom. The van der Waals surface area contributed by atoms with Crippen molar-refractivity contribution in [2.75, 3.05) is 6.67 Å². The van der Waals surface area contributed by atoms with Gasteiger partial charge in [0.2, 0.25) is 0 Å². The van der Waals surface area contributed by atoms with E-state index in [2.05, 4.69) is 6.58 Å². The van der Waals surface area contributed by atoms with Crippen molar-refractivity contribution in [3.63, 3.8) is 0 Å². The Morgan fingerprint density at radius 1 is 1.80 bits per heavy atom. The molecule has 0 aromatic heterocycles. The number of alkyl halides is 1. The summed E-state index contributed by atoms with van der Waals surface area (Å²) in [7, 11) is 0. The van der Waals surface area contributed by atoms with Gasteiger partial charge in [-0.2, -0.15) is 0 Å². The maximum absolute atomic E-state index is 10.6. The minimum atomic E-state index is -0.417. The van der Waals surface area contributed by atoms with Crippen molar-refractivity contribution in [3.8, 4) is 0 Å². The standard InChI is InChI=1S/C3H5F.Na.H/c1-2-3-4;;/h2H,1,3H2;;. The topological polar surface area (TPSA) is 0 Å². The van der Waals surface area contributed by atoms with E-state index in [-0.39, 0.29) is 29.6 Å². The van der Waals surface area contributed by atoms with Crippen LogP contribution in [0.4, 0.5) is 4.39 Å². The van der Waals surface area contributed by atoms with Crippen LogP contribution in [0, 0.1) is 0 Å². The van der Waals surface area contributed by atoms with Crippen molar-refractivity contribution < 1.29 is 4.39 Å². The fraction of sp³-hybridized carbons (Fsp3) is 0.333. The van der Waals surface area contributed by atoms with Gasteiger partial charge < -0.3 is 0 Å². The predicted molar refractivity (Wildman–Crippen MR) is 23.3 cm³/mol. The number of hydrogen-bond donors (Lipinski definition) is 0. The number of rotatable bonds is 1. The molecule has 0 rings (SSSR count). The Kier molecular flexibility index (Phi) is 16.2. The van der Waals surface area contributed by atoms with Gasteiger partial charge >= 0.3 is 29.6 Å². The zero-order chi connectivity index (χ0) is 3.41. The summed E-state index contributed by atoms with van der Waals surface area (Å²) >= 11 is 0. The van der Waals surface area contributed by atoms with E-state index in [1.54, 1.807) is 0 Å². The van der Waals surface area contributed by atoms with Crippen LogP contribution in [0.5, 0.6) is 0 Å². The molecular formula is C3H6FNa. The molecule has 0 heterocycles. The first-order chi connectivity index (χ1) is 1.91. The normalized spacial score (nSPS) is 5.00. The second kappa shape index (κ2) is 8.82. The molecule has 0 aromatic rings. The summed E-state index contributed by atoms with van der Waals surface area (Å²) in [5.74, 6) is 0. The van der Waals surface area contributed by atoms with Gasteiger partial charge in [-0.15, -0.1) is 6.58 Å². The summed E-state index contributed by atoms with van der Waals surface area (Å²) in [6.45, 7) is 2.69. The summed E-state index contributed by atoms with van der Waals surface area (Å²) in [4.78, 5) is 0. The van der Waals surface area contributed by atoms with E-state index in [0.717, 1.165) is 0 Å². The molecule has 0 atom stereocenters. The SMILES string of the molecule is C=CCF.[NaH]. The summed E-state index contributed by atoms with van der Waals surface area (Å²) in [6, 6.07) is 0. The van der Waals surface area contributed by atoms with Gasteiger partial charge in [-0.1, -0.05) is 6.08 Å². The monoisotopic (exact) mass is 84.0 g/mol. The van der Waals surface area contributed by atoms with Crippen LogP contribution in [0.2, 0.25) is 0 Å². The van der Waals surface area contributed by atoms with Crippen LogP contribution in [0.15, 0.2) is 12.7 Å². The molecule has 5 heavy (non-hydrogen) atoms. The Morgan fingerprint density at radius 2 is 2.00 bits per heavy atom. The van der Waals surface area contributed by atoms with E-state index in [1.165, 1.54) is 6.08 Å². The predicted octanol–water partition coefficient (Wildman–Crippen LogP) is 0.493. The molecule has 26 valence electrons. The number of halogens is 1. The fourth-order valence-corrected chi connectivity index (χ4v) is 0. The van der Waals surface area contributed by atoms with E-state index < -0.39 is 6.67 Å². The van der Waals surface area contributed by atoms with E-state index >= 15 is 0 Å². The summed E-state index contributed by atoms with van der Waals surface area (Å²) < 4.78 is 10.6. The second-order valence-electron chi connectivity index (χ2n) is 0.443. The van der Waals surface area contributed by atoms with Crippen LogP contribution in [0.1, 0.15) is 0 Å². The van der Waals surface area contributed by atoms with E-state index in [4.69, 9.17) is 0 Å². The second-order valence-corrected chi connectivity index (χ2v) is 0.443. The molecule has 0 aliphatic heterocycles. The Bertz CT molecular complexity index is 20.9. The molecule has 0 amide bonds. The van der Waals surface area contributed by atoms with Gasteiger partial charge in [0.1, 0.15) is 6.67 Å². The van der Waals surface area contributed by atoms with Gasteiger partial charge in [0.05, 0.1) is 0 Å². The molecule has 0 N–H and O–H groups in total. The third-order valence-electron chi connectivity index (χ3n) is 0.109. The average Bonchev–Trinajstić information content (AvgIpc) is 1.37. The van der Waals surface area contributed by atoms with Crippen molar-refractivity contribution >= 4 is 29.6 Å². The van der Waals surface area contributed by atoms with E-state index in [0.29, 0.717) is 0 Å². The molecule has 0 spiro atoms. The van der Waals surface area contributed by atoms with Crippen LogP contribution in [0.3, 0.4) is 0 Å². The molecule has 0 aromatic carbocycles. The van der Waals surface area contributed by atoms with Crippen LogP contribution in [-0.4, -0.2) is 36.2 Å². The molecular weight excluding hydrogens is 78.0 g/mol. The van der Waals surface area contributed by atoms with Crippen LogP contribution >= 0.6 is 0 Å². The number of allylic oxidation sites excluding steroid dienone is 1. The first kappa shape index (κ1) is 9.18. The Hall–Kier alpha value is 0.670. The maximum atomic E-state index is 10.6. The van der Waals surface area contributed by atoms with Gasteiger partial charge in [-0.3, -0.25) is 0 Å². The third-order valence-corrected chi connectivity index (χ3v) is 0.109. The van der Waals surface area contributed by atoms with E-state index in [9.17, 15) is 4.39 Å². The van der Waals surface area contributed by atoms with Gasteiger partial charge in [-0.05, 0) is 0 Å². The Labute approximate surface area is 53.4 Å². The van der Waals surface area contributed by atoms with Crippen molar-refractivity contribution in [2.45, 2.75) is 0 Å². The van der Waals surface area contributed by atoms with Crippen molar-refractivity contribution in [2.24, 2.45) is 0 Å². The molecule has 0 bridgehead atoms. The van der Waals surface area contributed by atoms with Crippen LogP contribution in [0.25, 0.3) is 0 Å². The molecule has 0 saturated carbocycles. The minimum absolute atomic E-state index is 0. The van der Waals surface area contributed by atoms with Gasteiger partial charge in [0, 0.05) is 0 Å². The molecule has 2 heteroatoms. The molecule has 0 nitrogen and oxygen atoms in total. The first-order valence-corrected chi connectivity index (χ1v) is 1.08. The quantitative estimate of drug-likeness (QED) is 0.320. The zero-order valence-corrected chi connectivity index (χ0v) is 2.37. The molecule has 0 unspecified atom stereocenters. The van der Waals surface area contributed by atoms with Gasteiger partial charge in [-0.25, -0.2) is 4.39 Å². The average molecular weight is 84.1 g/mol. The molecule has 0 aliphatic carbocycles. The van der Waals surface area contributed by atoms with Gasteiger partial charge in [0.25, 0.3) is 0 Å². The molecule has 0 radical (unpaired) electrons. The summed E-state index contributed by atoms with van der Waals surface area (Å²) in [5.41, 5.74) is 0. The molecule has 0 aliphatic rings. The number of hydrogen-bond acceptors (Lipinski definition) is 0. The Balaban J connectivity index is 0. The fourth-order valence-electron chi connectivity index (χ4n) is 0. The van der Waals surface area contributed by atoms with Crippen LogP contribution in [-0.2, 0) is 0 Å². The summed E-state index contributed by atoms with van der Waals surface area (Å²) in [6.07, 6.45) is 1.21. The first-order valence-electron chi connectivity index (χ1n) is 1.08. The summed E-state index contributed by atoms with van der Waals surface area (Å²) in [5, 5.41) is 0.